The monoisotopic (exact) mass is 695 g/mol. The molecular weight excluding hydrogens is 658 g/mol. The van der Waals surface area contributed by atoms with Crippen molar-refractivity contribution in [2.24, 2.45) is 0 Å². The molecule has 0 aliphatic carbocycles. The summed E-state index contributed by atoms with van der Waals surface area (Å²) in [6.45, 7) is 0.677. The SMILES string of the molecule is COc1cc2c(cc1OC)C(COc1ccccc1)N(C(=O)CCC(=O)OCCCCOc1no[n+]([O-])c1S(=O)(=O)c1ccccc1)CC2. The van der Waals surface area contributed by atoms with E-state index in [1.165, 1.54) is 24.3 Å². The van der Waals surface area contributed by atoms with Crippen LogP contribution < -0.4 is 23.9 Å². The first-order valence-corrected chi connectivity index (χ1v) is 17.1. The zero-order chi connectivity index (χ0) is 34.8. The number of hydrogen-bond acceptors (Lipinski definition) is 12. The molecule has 1 amide bonds. The smallest absolute Gasteiger partial charge is 0.414 e. The highest BCUT2D eigenvalue weighted by atomic mass is 32.2. The average Bonchev–Trinajstić information content (AvgIpc) is 3.51. The lowest BCUT2D eigenvalue weighted by Crippen LogP contribution is -2.42. The maximum Gasteiger partial charge on any atom is 0.414 e. The van der Waals surface area contributed by atoms with Gasteiger partial charge in [0.05, 0.1) is 49.9 Å². The first kappa shape index (κ1) is 35.0. The topological polar surface area (TPSA) is 171 Å². The Balaban J connectivity index is 1.11. The van der Waals surface area contributed by atoms with Gasteiger partial charge in [-0.3, -0.25) is 14.2 Å². The Morgan fingerprint density at radius 2 is 1.61 bits per heavy atom. The van der Waals surface area contributed by atoms with Crippen LogP contribution in [0.3, 0.4) is 0 Å². The van der Waals surface area contributed by atoms with E-state index in [2.05, 4.69) is 9.79 Å². The number of rotatable bonds is 16. The van der Waals surface area contributed by atoms with Crippen LogP contribution in [0.4, 0.5) is 0 Å². The Bertz CT molecular complexity index is 1830. The maximum absolute atomic E-state index is 13.5. The van der Waals surface area contributed by atoms with Crippen LogP contribution >= 0.6 is 0 Å². The van der Waals surface area contributed by atoms with Gasteiger partial charge in [0.2, 0.25) is 5.91 Å². The number of nitrogens with zero attached hydrogens (tertiary/aromatic N) is 3. The molecule has 1 aliphatic heterocycles. The second-order valence-electron chi connectivity index (χ2n) is 11.0. The van der Waals surface area contributed by atoms with Crippen molar-refractivity contribution in [1.82, 2.24) is 10.1 Å². The summed E-state index contributed by atoms with van der Waals surface area (Å²) in [5.41, 5.74) is 1.91. The number of amides is 1. The molecule has 4 aromatic rings. The third-order valence-electron chi connectivity index (χ3n) is 7.91. The van der Waals surface area contributed by atoms with Crippen LogP contribution in [0, 0.1) is 5.21 Å². The van der Waals surface area contributed by atoms with Crippen LogP contribution in [0.15, 0.2) is 87.3 Å². The number of ether oxygens (including phenoxy) is 5. The van der Waals surface area contributed by atoms with Gasteiger partial charge < -0.3 is 33.8 Å². The second-order valence-corrected chi connectivity index (χ2v) is 12.9. The van der Waals surface area contributed by atoms with E-state index < -0.39 is 32.8 Å². The molecule has 0 saturated carbocycles. The largest absolute Gasteiger partial charge is 0.493 e. The molecule has 5 rings (SSSR count). The van der Waals surface area contributed by atoms with E-state index in [9.17, 15) is 23.2 Å². The molecule has 49 heavy (non-hydrogen) atoms. The van der Waals surface area contributed by atoms with Crippen LogP contribution in [0.2, 0.25) is 0 Å². The number of fused-ring (bicyclic) bond motifs is 1. The first-order valence-electron chi connectivity index (χ1n) is 15.6. The van der Waals surface area contributed by atoms with E-state index in [0.717, 1.165) is 11.1 Å². The highest BCUT2D eigenvalue weighted by molar-refractivity contribution is 7.91. The molecule has 1 aromatic heterocycles. The van der Waals surface area contributed by atoms with Crippen molar-refractivity contribution in [2.75, 3.05) is 40.6 Å². The van der Waals surface area contributed by atoms with E-state index in [-0.39, 0.29) is 48.4 Å². The third kappa shape index (κ3) is 8.41. The first-order chi connectivity index (χ1) is 23.7. The molecule has 1 unspecified atom stereocenters. The van der Waals surface area contributed by atoms with Crippen LogP contribution in [0.25, 0.3) is 0 Å². The van der Waals surface area contributed by atoms with Crippen molar-refractivity contribution < 1.29 is 51.2 Å². The summed E-state index contributed by atoms with van der Waals surface area (Å²) in [6.07, 6.45) is 1.17. The molecule has 2 heterocycles. The lowest BCUT2D eigenvalue weighted by molar-refractivity contribution is -0.832. The molecule has 0 radical (unpaired) electrons. The fraction of sp³-hybridized carbons (Fsp3) is 0.353. The quantitative estimate of drug-likeness (QED) is 0.0944. The van der Waals surface area contributed by atoms with Crippen LogP contribution in [0.5, 0.6) is 23.1 Å². The number of unbranched alkanes of at least 4 members (excludes halogenated alkanes) is 1. The number of benzene rings is 3. The summed E-state index contributed by atoms with van der Waals surface area (Å²) < 4.78 is 58.0. The highest BCUT2D eigenvalue weighted by Gasteiger charge is 2.36. The molecule has 1 aliphatic rings. The number of sulfone groups is 1. The van der Waals surface area contributed by atoms with Gasteiger partial charge in [0.15, 0.2) is 11.5 Å². The molecule has 14 nitrogen and oxygen atoms in total. The molecule has 3 aromatic carbocycles. The minimum atomic E-state index is -4.23. The third-order valence-corrected chi connectivity index (χ3v) is 9.64. The van der Waals surface area contributed by atoms with Gasteiger partial charge in [0.25, 0.3) is 9.84 Å². The van der Waals surface area contributed by atoms with Gasteiger partial charge in [-0.1, -0.05) is 36.4 Å². The van der Waals surface area contributed by atoms with Gasteiger partial charge in [-0.25, -0.2) is 8.42 Å². The van der Waals surface area contributed by atoms with Gasteiger partial charge >= 0.3 is 16.9 Å². The number of methoxy groups -OCH3 is 2. The average molecular weight is 696 g/mol. The lowest BCUT2D eigenvalue weighted by atomic mass is 9.91. The summed E-state index contributed by atoms with van der Waals surface area (Å²) in [5.74, 6) is 0.616. The second kappa shape index (κ2) is 16.2. The van der Waals surface area contributed by atoms with Gasteiger partial charge in [-0.2, -0.15) is 0 Å². The molecule has 260 valence electrons. The van der Waals surface area contributed by atoms with Crippen molar-refractivity contribution in [3.8, 4) is 23.1 Å². The number of esters is 1. The fourth-order valence-corrected chi connectivity index (χ4v) is 6.72. The summed E-state index contributed by atoms with van der Waals surface area (Å²) in [4.78, 5) is 27.4. The van der Waals surface area contributed by atoms with E-state index >= 15 is 0 Å². The van der Waals surface area contributed by atoms with E-state index in [4.69, 9.17) is 23.7 Å². The standard InChI is InChI=1S/C34H37N3O11S/c1-43-29-21-24-17-18-36(28(27(24)22-30(29)44-2)23-47-25-11-5-3-6-12-25)31(38)15-16-32(39)45-19-9-10-20-46-33-34(37(40)48-35-33)49(41,42)26-13-7-4-8-14-26/h3-8,11-14,21-22,28H,9-10,15-20,23H2,1-2H3. The summed E-state index contributed by atoms with van der Waals surface area (Å²) in [6, 6.07) is 20.1. The number of aromatic nitrogens is 2. The van der Waals surface area contributed by atoms with Crippen molar-refractivity contribution in [3.63, 3.8) is 0 Å². The van der Waals surface area contributed by atoms with Crippen LogP contribution in [0.1, 0.15) is 42.9 Å². The Morgan fingerprint density at radius 3 is 2.33 bits per heavy atom. The molecule has 1 atom stereocenters. The Labute approximate surface area is 283 Å². The number of carbonyl (C=O) groups is 2. The Kier molecular flexibility index (Phi) is 11.6. The number of para-hydroxylation sites is 1. The molecular formula is C34H37N3O11S. The summed E-state index contributed by atoms with van der Waals surface area (Å²) in [5, 5.41) is 14.7. The lowest BCUT2D eigenvalue weighted by Gasteiger charge is -2.37. The Morgan fingerprint density at radius 1 is 0.939 bits per heavy atom. The van der Waals surface area contributed by atoms with Crippen molar-refractivity contribution in [2.45, 2.75) is 48.1 Å². The molecule has 0 spiro atoms. The molecule has 0 N–H and O–H groups in total. The fourth-order valence-electron chi connectivity index (χ4n) is 5.42. The van der Waals surface area contributed by atoms with Crippen LogP contribution in [-0.2, 0) is 30.6 Å². The van der Waals surface area contributed by atoms with Crippen molar-refractivity contribution in [3.05, 3.63) is 89.1 Å². The zero-order valence-electron chi connectivity index (χ0n) is 27.1. The van der Waals surface area contributed by atoms with E-state index in [1.54, 1.807) is 25.2 Å². The minimum absolute atomic E-state index is 0.0145. The van der Waals surface area contributed by atoms with Gasteiger partial charge in [-0.15, -0.1) is 0 Å². The Hall–Kier alpha value is -5.31. The van der Waals surface area contributed by atoms with E-state index in [1.807, 2.05) is 42.5 Å². The molecule has 15 heteroatoms. The summed E-state index contributed by atoms with van der Waals surface area (Å²) in [7, 11) is -1.10. The van der Waals surface area contributed by atoms with Crippen molar-refractivity contribution in [1.29, 1.82) is 0 Å². The zero-order valence-corrected chi connectivity index (χ0v) is 27.9. The van der Waals surface area contributed by atoms with Gasteiger partial charge in [-0.05, 0) is 71.7 Å². The maximum atomic E-state index is 13.5. The summed E-state index contributed by atoms with van der Waals surface area (Å²) >= 11 is 0. The molecule has 0 bridgehead atoms. The van der Waals surface area contributed by atoms with Crippen LogP contribution in [-0.4, -0.2) is 70.9 Å². The normalized spacial score (nSPS) is 14.1. The number of carbonyl (C=O) groups excluding carboxylic acids is 2. The van der Waals surface area contributed by atoms with Crippen molar-refractivity contribution >= 4 is 21.7 Å². The predicted molar refractivity (Wildman–Crippen MR) is 172 cm³/mol. The van der Waals surface area contributed by atoms with Gasteiger partial charge in [0, 0.05) is 13.0 Å². The van der Waals surface area contributed by atoms with E-state index in [0.29, 0.717) is 43.1 Å². The molecule has 0 saturated heterocycles. The molecule has 0 fully saturated rings. The number of hydrogen-bond donors (Lipinski definition) is 0. The van der Waals surface area contributed by atoms with Gasteiger partial charge in [0.1, 0.15) is 12.4 Å². The highest BCUT2D eigenvalue weighted by Crippen LogP contribution is 2.39. The minimum Gasteiger partial charge on any atom is -0.493 e. The predicted octanol–water partition coefficient (Wildman–Crippen LogP) is 3.85.